The van der Waals surface area contributed by atoms with Crippen LogP contribution in [0.3, 0.4) is 0 Å². The van der Waals surface area contributed by atoms with Gasteiger partial charge in [0.15, 0.2) is 0 Å². The highest BCUT2D eigenvalue weighted by atomic mass is 79.9. The number of esters is 1. The van der Waals surface area contributed by atoms with E-state index in [1.54, 1.807) is 25.3 Å². The van der Waals surface area contributed by atoms with Gasteiger partial charge in [-0.15, -0.1) is 0 Å². The molecule has 1 amide bonds. The van der Waals surface area contributed by atoms with Crippen molar-refractivity contribution in [2.24, 2.45) is 0 Å². The van der Waals surface area contributed by atoms with Gasteiger partial charge in [-0.25, -0.2) is 0 Å². The van der Waals surface area contributed by atoms with Crippen molar-refractivity contribution in [1.29, 1.82) is 0 Å². The van der Waals surface area contributed by atoms with Crippen LogP contribution in [0.5, 0.6) is 0 Å². The molecule has 1 rings (SSSR count). The molecule has 0 heterocycles. The van der Waals surface area contributed by atoms with Crippen molar-refractivity contribution in [3.05, 3.63) is 33.3 Å². The maximum absolute atomic E-state index is 12.5. The maximum Gasteiger partial charge on any atom is 0.307 e. The minimum Gasteiger partial charge on any atom is -0.469 e. The fourth-order valence-electron chi connectivity index (χ4n) is 1.68. The summed E-state index contributed by atoms with van der Waals surface area (Å²) in [5.74, 6) is -0.611. The molecule has 116 valence electrons. The van der Waals surface area contributed by atoms with Gasteiger partial charge in [0.05, 0.1) is 30.7 Å². The van der Waals surface area contributed by atoms with Gasteiger partial charge in [-0.05, 0) is 18.2 Å². The molecule has 0 saturated carbocycles. The summed E-state index contributed by atoms with van der Waals surface area (Å²) in [5, 5.41) is 0.356. The van der Waals surface area contributed by atoms with Gasteiger partial charge in [0.1, 0.15) is 0 Å². The van der Waals surface area contributed by atoms with Crippen LogP contribution in [0.25, 0.3) is 0 Å². The Kier molecular flexibility index (Phi) is 7.71. The van der Waals surface area contributed by atoms with E-state index in [0.717, 1.165) is 4.47 Å². The van der Waals surface area contributed by atoms with Gasteiger partial charge in [-0.2, -0.15) is 0 Å². The zero-order chi connectivity index (χ0) is 15.8. The number of benzene rings is 1. The van der Waals surface area contributed by atoms with Crippen LogP contribution in [0.15, 0.2) is 22.7 Å². The number of amides is 1. The van der Waals surface area contributed by atoms with Crippen LogP contribution in [-0.4, -0.2) is 50.7 Å². The lowest BCUT2D eigenvalue weighted by molar-refractivity contribution is -0.140. The van der Waals surface area contributed by atoms with Crippen molar-refractivity contribution in [2.75, 3.05) is 33.9 Å². The molecule has 0 fully saturated rings. The van der Waals surface area contributed by atoms with Gasteiger partial charge in [-0.3, -0.25) is 9.59 Å². The zero-order valence-electron chi connectivity index (χ0n) is 11.9. The number of nitrogens with zero attached hydrogens (tertiary/aromatic N) is 1. The normalized spacial score (nSPS) is 10.3. The lowest BCUT2D eigenvalue weighted by Crippen LogP contribution is -2.36. The lowest BCUT2D eigenvalue weighted by Gasteiger charge is -2.22. The predicted molar refractivity (Wildman–Crippen MR) is 83.6 cm³/mol. The highest BCUT2D eigenvalue weighted by Crippen LogP contribution is 2.22. The molecule has 0 bridgehead atoms. The van der Waals surface area contributed by atoms with E-state index in [1.807, 2.05) is 0 Å². The summed E-state index contributed by atoms with van der Waals surface area (Å²) in [6.07, 6.45) is 0.125. The van der Waals surface area contributed by atoms with Gasteiger partial charge >= 0.3 is 5.97 Å². The van der Waals surface area contributed by atoms with Crippen LogP contribution < -0.4 is 0 Å². The Morgan fingerprint density at radius 1 is 1.29 bits per heavy atom. The van der Waals surface area contributed by atoms with E-state index in [2.05, 4.69) is 20.7 Å². The predicted octanol–water partition coefficient (Wildman–Crippen LogP) is 2.75. The second-order valence-electron chi connectivity index (χ2n) is 4.24. The fraction of sp³-hybridized carbons (Fsp3) is 0.429. The summed E-state index contributed by atoms with van der Waals surface area (Å²) in [5.41, 5.74) is 0.390. The Morgan fingerprint density at radius 2 is 2.00 bits per heavy atom. The molecule has 0 aliphatic heterocycles. The Labute approximate surface area is 137 Å². The number of hydrogen-bond acceptors (Lipinski definition) is 4. The van der Waals surface area contributed by atoms with E-state index in [1.165, 1.54) is 12.0 Å². The van der Waals surface area contributed by atoms with E-state index in [0.29, 0.717) is 23.7 Å². The molecular weight excluding hydrogens is 362 g/mol. The van der Waals surface area contributed by atoms with Gasteiger partial charge in [-0.1, -0.05) is 27.5 Å². The first-order valence-corrected chi connectivity index (χ1v) is 7.46. The molecule has 0 aliphatic carbocycles. The first-order valence-electron chi connectivity index (χ1n) is 6.29. The minimum absolute atomic E-state index is 0.125. The van der Waals surface area contributed by atoms with Gasteiger partial charge in [0.25, 0.3) is 5.91 Å². The summed E-state index contributed by atoms with van der Waals surface area (Å²) in [6, 6.07) is 5.05. The van der Waals surface area contributed by atoms with Crippen molar-refractivity contribution in [1.82, 2.24) is 4.90 Å². The van der Waals surface area contributed by atoms with Crippen molar-refractivity contribution in [3.63, 3.8) is 0 Å². The number of carbonyl (C=O) groups excluding carboxylic acids is 2. The van der Waals surface area contributed by atoms with E-state index in [9.17, 15) is 9.59 Å². The molecule has 0 spiro atoms. The number of halogens is 2. The lowest BCUT2D eigenvalue weighted by atomic mass is 10.2. The third-order valence-electron chi connectivity index (χ3n) is 2.83. The van der Waals surface area contributed by atoms with Crippen LogP contribution in [0.4, 0.5) is 0 Å². The number of carbonyl (C=O) groups is 2. The molecular formula is C14H17BrClNO4. The summed E-state index contributed by atoms with van der Waals surface area (Å²) >= 11 is 9.39. The molecule has 0 aromatic heterocycles. The van der Waals surface area contributed by atoms with Crippen molar-refractivity contribution in [3.8, 4) is 0 Å². The first-order chi connectivity index (χ1) is 9.99. The molecule has 0 saturated heterocycles. The first kappa shape index (κ1) is 17.9. The third-order valence-corrected chi connectivity index (χ3v) is 3.63. The van der Waals surface area contributed by atoms with Gasteiger partial charge in [0.2, 0.25) is 0 Å². The topological polar surface area (TPSA) is 55.8 Å². The SMILES string of the molecule is COCCN(CCC(=O)OC)C(=O)c1ccc(Br)cc1Cl. The molecule has 1 aromatic carbocycles. The van der Waals surface area contributed by atoms with E-state index in [4.69, 9.17) is 16.3 Å². The Hall–Kier alpha value is -1.11. The zero-order valence-corrected chi connectivity index (χ0v) is 14.2. The van der Waals surface area contributed by atoms with Crippen LogP contribution in [0, 0.1) is 0 Å². The summed E-state index contributed by atoms with van der Waals surface area (Å²) in [6.45, 7) is 1.00. The van der Waals surface area contributed by atoms with Gasteiger partial charge < -0.3 is 14.4 Å². The number of rotatable bonds is 7. The van der Waals surface area contributed by atoms with E-state index < -0.39 is 0 Å². The molecule has 0 radical (unpaired) electrons. The van der Waals surface area contributed by atoms with E-state index >= 15 is 0 Å². The van der Waals surface area contributed by atoms with Crippen molar-refractivity contribution < 1.29 is 19.1 Å². The number of ether oxygens (including phenoxy) is 2. The highest BCUT2D eigenvalue weighted by molar-refractivity contribution is 9.10. The van der Waals surface area contributed by atoms with Crippen LogP contribution in [-0.2, 0) is 14.3 Å². The summed E-state index contributed by atoms with van der Waals surface area (Å²) in [4.78, 5) is 25.3. The standard InChI is InChI=1S/C14H17BrClNO4/c1-20-8-7-17(6-5-13(18)21-2)14(19)11-4-3-10(15)9-12(11)16/h3-4,9H,5-8H2,1-2H3. The molecule has 0 unspecified atom stereocenters. The largest absolute Gasteiger partial charge is 0.469 e. The Bertz CT molecular complexity index is 510. The molecule has 1 aromatic rings. The average molecular weight is 379 g/mol. The van der Waals surface area contributed by atoms with Crippen LogP contribution >= 0.6 is 27.5 Å². The Balaban J connectivity index is 2.85. The smallest absolute Gasteiger partial charge is 0.307 e. The highest BCUT2D eigenvalue weighted by Gasteiger charge is 2.19. The number of hydrogen-bond donors (Lipinski definition) is 0. The summed E-state index contributed by atoms with van der Waals surface area (Å²) in [7, 11) is 2.87. The van der Waals surface area contributed by atoms with Crippen molar-refractivity contribution in [2.45, 2.75) is 6.42 Å². The van der Waals surface area contributed by atoms with Gasteiger partial charge in [0, 0.05) is 24.7 Å². The molecule has 0 aliphatic rings. The maximum atomic E-state index is 12.5. The van der Waals surface area contributed by atoms with Crippen LogP contribution in [0.1, 0.15) is 16.8 Å². The second kappa shape index (κ2) is 9.02. The summed E-state index contributed by atoms with van der Waals surface area (Å²) < 4.78 is 10.4. The Morgan fingerprint density at radius 3 is 2.57 bits per heavy atom. The van der Waals surface area contributed by atoms with Crippen LogP contribution in [0.2, 0.25) is 5.02 Å². The van der Waals surface area contributed by atoms with Crippen molar-refractivity contribution >= 4 is 39.4 Å². The molecule has 0 N–H and O–H groups in total. The third kappa shape index (κ3) is 5.65. The fourth-order valence-corrected chi connectivity index (χ4v) is 2.43. The monoisotopic (exact) mass is 377 g/mol. The quantitative estimate of drug-likeness (QED) is 0.685. The minimum atomic E-state index is -0.368. The molecule has 7 heteroatoms. The average Bonchev–Trinajstić information content (AvgIpc) is 2.46. The molecule has 0 atom stereocenters. The molecule has 21 heavy (non-hydrogen) atoms. The number of methoxy groups -OCH3 is 2. The second-order valence-corrected chi connectivity index (χ2v) is 5.56. The van der Waals surface area contributed by atoms with E-state index in [-0.39, 0.29) is 24.8 Å². The molecule has 5 nitrogen and oxygen atoms in total.